The predicted molar refractivity (Wildman–Crippen MR) is 33.4 cm³/mol. The van der Waals surface area contributed by atoms with Gasteiger partial charge < -0.3 is 5.73 Å². The molecule has 0 unspecified atom stereocenters. The van der Waals surface area contributed by atoms with Gasteiger partial charge in [-0.25, -0.2) is 10.2 Å². The van der Waals surface area contributed by atoms with Crippen LogP contribution in [0.15, 0.2) is 24.5 Å². The van der Waals surface area contributed by atoms with E-state index in [0.717, 1.165) is 0 Å². The number of nitrogens with zero attached hydrogens (tertiary/aromatic N) is 1. The summed E-state index contributed by atoms with van der Waals surface area (Å²) in [6, 6.07) is 3.01. The highest BCUT2D eigenvalue weighted by atomic mass is 16.2. The molecule has 4 heteroatoms. The fourth-order valence-corrected chi connectivity index (χ4v) is 0.536. The van der Waals surface area contributed by atoms with Crippen LogP contribution in [0.2, 0.25) is 0 Å². The van der Waals surface area contributed by atoms with Crippen molar-refractivity contribution in [2.75, 3.05) is 5.43 Å². The van der Waals surface area contributed by atoms with Gasteiger partial charge in [0.1, 0.15) is 0 Å². The molecule has 48 valence electrons. The third kappa shape index (κ3) is 1.49. The van der Waals surface area contributed by atoms with Gasteiger partial charge in [0.2, 0.25) is 0 Å². The SMILES string of the molecule is NC(=O)Nn1cccc1. The second-order valence-electron chi connectivity index (χ2n) is 1.57. The molecule has 0 aliphatic heterocycles. The van der Waals surface area contributed by atoms with Crippen LogP contribution in [0.5, 0.6) is 0 Å². The Morgan fingerprint density at radius 1 is 1.44 bits per heavy atom. The largest absolute Gasteiger partial charge is 0.350 e. The van der Waals surface area contributed by atoms with E-state index >= 15 is 0 Å². The molecule has 4 nitrogen and oxygen atoms in total. The third-order valence-electron chi connectivity index (χ3n) is 0.844. The van der Waals surface area contributed by atoms with Gasteiger partial charge in [-0.2, -0.15) is 0 Å². The number of carbonyl (C=O) groups excluding carboxylic acids is 1. The number of rotatable bonds is 1. The van der Waals surface area contributed by atoms with Crippen LogP contribution in [0.3, 0.4) is 0 Å². The van der Waals surface area contributed by atoms with E-state index in [1.165, 1.54) is 4.68 Å². The average molecular weight is 125 g/mol. The van der Waals surface area contributed by atoms with E-state index < -0.39 is 6.03 Å². The molecular weight excluding hydrogens is 118 g/mol. The third-order valence-corrected chi connectivity index (χ3v) is 0.844. The molecule has 0 radical (unpaired) electrons. The van der Waals surface area contributed by atoms with Gasteiger partial charge in [-0.15, -0.1) is 0 Å². The number of urea groups is 1. The van der Waals surface area contributed by atoms with Crippen LogP contribution in [0.4, 0.5) is 4.79 Å². The molecule has 0 atom stereocenters. The minimum atomic E-state index is -0.564. The summed E-state index contributed by atoms with van der Waals surface area (Å²) in [6.07, 6.45) is 3.37. The van der Waals surface area contributed by atoms with Gasteiger partial charge in [-0.05, 0) is 12.1 Å². The van der Waals surface area contributed by atoms with Gasteiger partial charge in [0.25, 0.3) is 0 Å². The zero-order valence-electron chi connectivity index (χ0n) is 4.74. The fourth-order valence-electron chi connectivity index (χ4n) is 0.536. The van der Waals surface area contributed by atoms with E-state index in [1.807, 2.05) is 0 Å². The molecule has 0 saturated carbocycles. The lowest BCUT2D eigenvalue weighted by Crippen LogP contribution is -2.26. The Hall–Kier alpha value is -1.45. The molecule has 0 aliphatic carbocycles. The molecule has 1 aromatic rings. The number of nitrogens with one attached hydrogen (secondary N) is 1. The van der Waals surface area contributed by atoms with Gasteiger partial charge in [-0.1, -0.05) is 0 Å². The van der Waals surface area contributed by atoms with Gasteiger partial charge in [0.05, 0.1) is 0 Å². The van der Waals surface area contributed by atoms with Crippen LogP contribution < -0.4 is 11.2 Å². The molecule has 1 aromatic heterocycles. The van der Waals surface area contributed by atoms with Gasteiger partial charge in [0.15, 0.2) is 0 Å². The number of aromatic nitrogens is 1. The number of primary amides is 1. The maximum Gasteiger partial charge on any atom is 0.331 e. The molecule has 0 fully saturated rings. The molecule has 1 heterocycles. The van der Waals surface area contributed by atoms with Crippen LogP contribution in [0.1, 0.15) is 0 Å². The molecule has 3 N–H and O–H groups in total. The van der Waals surface area contributed by atoms with Crippen molar-refractivity contribution in [2.24, 2.45) is 5.73 Å². The summed E-state index contributed by atoms with van der Waals surface area (Å²) in [4.78, 5) is 10.2. The van der Waals surface area contributed by atoms with Gasteiger partial charge in [-0.3, -0.25) is 4.68 Å². The van der Waals surface area contributed by atoms with Gasteiger partial charge in [0, 0.05) is 12.4 Å². The number of hydrogen-bond donors (Lipinski definition) is 2. The van der Waals surface area contributed by atoms with Crippen molar-refractivity contribution < 1.29 is 4.79 Å². The molecule has 0 saturated heterocycles. The smallest absolute Gasteiger partial charge is 0.331 e. The molecule has 0 aromatic carbocycles. The standard InChI is InChI=1S/C5H7N3O/c6-5(9)7-8-3-1-2-4-8/h1-4H,(H3,6,7,9). The van der Waals surface area contributed by atoms with Crippen molar-refractivity contribution in [3.8, 4) is 0 Å². The molecule has 9 heavy (non-hydrogen) atoms. The van der Waals surface area contributed by atoms with E-state index in [4.69, 9.17) is 5.73 Å². The Balaban J connectivity index is 2.58. The summed E-state index contributed by atoms with van der Waals surface area (Å²) in [5, 5.41) is 0. The van der Waals surface area contributed by atoms with Crippen LogP contribution in [0.25, 0.3) is 0 Å². The first-order chi connectivity index (χ1) is 4.29. The zero-order valence-corrected chi connectivity index (χ0v) is 4.74. The van der Waals surface area contributed by atoms with E-state index in [1.54, 1.807) is 24.5 Å². The lowest BCUT2D eigenvalue weighted by Gasteiger charge is -1.98. The zero-order chi connectivity index (χ0) is 6.69. The molecule has 0 spiro atoms. The highest BCUT2D eigenvalue weighted by Gasteiger charge is 1.88. The Bertz CT molecular complexity index is 192. The van der Waals surface area contributed by atoms with E-state index in [2.05, 4.69) is 5.43 Å². The summed E-state index contributed by atoms with van der Waals surface area (Å²) < 4.78 is 1.47. The minimum absolute atomic E-state index is 0.564. The second kappa shape index (κ2) is 2.21. The predicted octanol–water partition coefficient (Wildman–Crippen LogP) is 0.110. The van der Waals surface area contributed by atoms with Crippen LogP contribution in [-0.4, -0.2) is 10.7 Å². The number of hydrogen-bond acceptors (Lipinski definition) is 1. The molecular formula is C5H7N3O. The Morgan fingerprint density at radius 3 is 2.44 bits per heavy atom. The first kappa shape index (κ1) is 5.68. The Kier molecular flexibility index (Phi) is 1.40. The Labute approximate surface area is 52.2 Å². The van der Waals surface area contributed by atoms with Crippen molar-refractivity contribution in [3.63, 3.8) is 0 Å². The molecule has 1 rings (SSSR count). The second-order valence-corrected chi connectivity index (χ2v) is 1.57. The summed E-state index contributed by atoms with van der Waals surface area (Å²) in [7, 11) is 0. The highest BCUT2D eigenvalue weighted by molar-refractivity contribution is 5.79. The lowest BCUT2D eigenvalue weighted by atomic mass is 10.7. The molecule has 0 aliphatic rings. The first-order valence-corrected chi connectivity index (χ1v) is 2.48. The summed E-state index contributed by atoms with van der Waals surface area (Å²) in [5.74, 6) is 0. The average Bonchev–Trinajstić information content (AvgIpc) is 2.15. The maximum absolute atomic E-state index is 10.2. The lowest BCUT2D eigenvalue weighted by molar-refractivity contribution is 0.257. The quantitative estimate of drug-likeness (QED) is 0.549. The van der Waals surface area contributed by atoms with Crippen LogP contribution in [-0.2, 0) is 0 Å². The van der Waals surface area contributed by atoms with Crippen molar-refractivity contribution in [3.05, 3.63) is 24.5 Å². The van der Waals surface area contributed by atoms with Crippen LogP contribution in [0, 0.1) is 0 Å². The monoisotopic (exact) mass is 125 g/mol. The van der Waals surface area contributed by atoms with Crippen molar-refractivity contribution in [1.82, 2.24) is 4.68 Å². The first-order valence-electron chi connectivity index (χ1n) is 2.48. The number of carbonyl (C=O) groups is 1. The Morgan fingerprint density at radius 2 is 2.00 bits per heavy atom. The van der Waals surface area contributed by atoms with E-state index in [9.17, 15) is 4.79 Å². The van der Waals surface area contributed by atoms with Crippen molar-refractivity contribution >= 4 is 6.03 Å². The molecule has 0 bridgehead atoms. The van der Waals surface area contributed by atoms with Gasteiger partial charge >= 0.3 is 6.03 Å². The fraction of sp³-hybridized carbons (Fsp3) is 0. The maximum atomic E-state index is 10.2. The summed E-state index contributed by atoms with van der Waals surface area (Å²) in [5.41, 5.74) is 7.15. The minimum Gasteiger partial charge on any atom is -0.350 e. The topological polar surface area (TPSA) is 60.1 Å². The summed E-state index contributed by atoms with van der Waals surface area (Å²) in [6.45, 7) is 0. The van der Waals surface area contributed by atoms with Crippen LogP contribution >= 0.6 is 0 Å². The summed E-state index contributed by atoms with van der Waals surface area (Å²) >= 11 is 0. The van der Waals surface area contributed by atoms with E-state index in [-0.39, 0.29) is 0 Å². The normalized spacial score (nSPS) is 8.89. The number of amides is 2. The van der Waals surface area contributed by atoms with E-state index in [0.29, 0.717) is 0 Å². The molecule has 2 amide bonds. The van der Waals surface area contributed by atoms with Crippen molar-refractivity contribution in [2.45, 2.75) is 0 Å². The van der Waals surface area contributed by atoms with Crippen molar-refractivity contribution in [1.29, 1.82) is 0 Å². The number of nitrogens with two attached hydrogens (primary N) is 1. The highest BCUT2D eigenvalue weighted by Crippen LogP contribution is 1.83.